The van der Waals surface area contributed by atoms with E-state index in [4.69, 9.17) is 14.2 Å². The van der Waals surface area contributed by atoms with Crippen molar-refractivity contribution >= 4 is 17.9 Å². The van der Waals surface area contributed by atoms with Crippen LogP contribution < -0.4 is 5.11 Å². The molecule has 0 amide bonds. The van der Waals surface area contributed by atoms with Crippen LogP contribution >= 0.6 is 0 Å². The summed E-state index contributed by atoms with van der Waals surface area (Å²) in [6.07, 6.45) is 51.4. The summed E-state index contributed by atoms with van der Waals surface area (Å²) >= 11 is 0. The summed E-state index contributed by atoms with van der Waals surface area (Å²) in [5.74, 6) is -1.81. The van der Waals surface area contributed by atoms with Gasteiger partial charge in [0.25, 0.3) is 0 Å². The highest BCUT2D eigenvalue weighted by atomic mass is 16.6. The molecule has 0 aromatic carbocycles. The highest BCUT2D eigenvalue weighted by Gasteiger charge is 2.25. The normalized spacial score (nSPS) is 13.9. The fraction of sp³-hybridized carbons (Fsp3) is 0.612. The van der Waals surface area contributed by atoms with Gasteiger partial charge in [-0.3, -0.25) is 9.59 Å². The first kappa shape index (κ1) is 53.2. The van der Waals surface area contributed by atoms with Crippen LogP contribution in [-0.2, 0) is 28.6 Å². The van der Waals surface area contributed by atoms with Gasteiger partial charge in [0.2, 0.25) is 0 Å². The molecule has 0 aromatic heterocycles. The Kier molecular flexibility index (Phi) is 36.5. The molecule has 0 radical (unpaired) electrons. The average molecular weight is 794 g/mol. The van der Waals surface area contributed by atoms with E-state index in [9.17, 15) is 19.5 Å². The van der Waals surface area contributed by atoms with Crippen molar-refractivity contribution in [2.45, 2.75) is 154 Å². The van der Waals surface area contributed by atoms with Crippen molar-refractivity contribution in [3.63, 3.8) is 0 Å². The first-order valence-corrected chi connectivity index (χ1v) is 21.9. The van der Waals surface area contributed by atoms with Crippen molar-refractivity contribution in [3.8, 4) is 0 Å². The lowest BCUT2D eigenvalue weighted by molar-refractivity contribution is -0.889. The number of ether oxygens (including phenoxy) is 3. The van der Waals surface area contributed by atoms with Gasteiger partial charge in [0.15, 0.2) is 6.10 Å². The number of allylic oxidation sites excluding steroid dienone is 16. The van der Waals surface area contributed by atoms with Crippen molar-refractivity contribution < 1.29 is 38.2 Å². The molecule has 0 rings (SSSR count). The molecule has 0 saturated heterocycles. The Morgan fingerprint density at radius 3 is 1.46 bits per heavy atom. The second-order valence-corrected chi connectivity index (χ2v) is 15.4. The summed E-state index contributed by atoms with van der Waals surface area (Å²) in [4.78, 5) is 36.8. The molecule has 2 unspecified atom stereocenters. The molecule has 0 aromatic rings. The van der Waals surface area contributed by atoms with Crippen molar-refractivity contribution in [2.75, 3.05) is 41.0 Å². The Labute approximate surface area is 347 Å². The Morgan fingerprint density at radius 2 is 0.982 bits per heavy atom. The molecule has 0 fully saturated rings. The summed E-state index contributed by atoms with van der Waals surface area (Å²) in [6.45, 7) is 4.41. The summed E-state index contributed by atoms with van der Waals surface area (Å²) in [5, 5.41) is 11.6. The molecule has 8 nitrogen and oxygen atoms in total. The zero-order chi connectivity index (χ0) is 42.1. The Bertz CT molecular complexity index is 1250. The van der Waals surface area contributed by atoms with E-state index >= 15 is 0 Å². The highest BCUT2D eigenvalue weighted by Crippen LogP contribution is 2.12. The summed E-state index contributed by atoms with van der Waals surface area (Å²) < 4.78 is 17.1. The zero-order valence-electron chi connectivity index (χ0n) is 36.5. The standard InChI is InChI=1S/C49H79NO7/c1-6-8-10-12-14-16-18-20-22-23-24-26-27-29-31-33-35-37-39-47(51)56-44-45(43-55-42-41-46(49(53)54)50(3,4)5)57-48(52)40-38-36-34-32-30-28-25-21-19-17-15-13-11-9-7-2/h9,11,13-26,45-46H,6-8,10,12,27-44H2,1-5H3/b11-9+,15-13+,16-14+,19-17+,20-18+,23-22+,25-21+,26-24+. The summed E-state index contributed by atoms with van der Waals surface area (Å²) in [7, 11) is 5.37. The molecule has 0 aliphatic carbocycles. The van der Waals surface area contributed by atoms with E-state index in [0.29, 0.717) is 6.42 Å². The molecule has 322 valence electrons. The minimum Gasteiger partial charge on any atom is -0.544 e. The number of carbonyl (C=O) groups is 3. The van der Waals surface area contributed by atoms with Crippen LogP contribution in [0.3, 0.4) is 0 Å². The topological polar surface area (TPSA) is 102 Å². The number of carbonyl (C=O) groups excluding carboxylic acids is 3. The number of carboxylic acids is 1. The van der Waals surface area contributed by atoms with Gasteiger partial charge < -0.3 is 28.6 Å². The molecule has 0 aliphatic rings. The first-order chi connectivity index (χ1) is 27.6. The molecule has 57 heavy (non-hydrogen) atoms. The molecule has 0 N–H and O–H groups in total. The van der Waals surface area contributed by atoms with Crippen LogP contribution in [0.2, 0.25) is 0 Å². The van der Waals surface area contributed by atoms with Gasteiger partial charge in [-0.25, -0.2) is 0 Å². The lowest BCUT2D eigenvalue weighted by Crippen LogP contribution is -2.55. The molecule has 0 heterocycles. The van der Waals surface area contributed by atoms with Crippen LogP contribution in [0.15, 0.2) is 97.2 Å². The average Bonchev–Trinajstić information content (AvgIpc) is 3.17. The SMILES string of the molecule is CC/C=C/C=C/C=C/C=C/CCCCCCCC(=O)OC(COCCC(C(=O)[O-])[N+](C)(C)C)COC(=O)CCCCCCC/C=C/C=C/C=C/C=C/CCCCC. The van der Waals surface area contributed by atoms with Crippen molar-refractivity contribution in [1.29, 1.82) is 0 Å². The summed E-state index contributed by atoms with van der Waals surface area (Å²) in [5.41, 5.74) is 0. The van der Waals surface area contributed by atoms with Gasteiger partial charge in [-0.15, -0.1) is 0 Å². The third kappa shape index (κ3) is 37.6. The first-order valence-electron chi connectivity index (χ1n) is 21.9. The van der Waals surface area contributed by atoms with Crippen LogP contribution in [0, 0.1) is 0 Å². The van der Waals surface area contributed by atoms with Crippen molar-refractivity contribution in [1.82, 2.24) is 0 Å². The lowest BCUT2D eigenvalue weighted by atomic mass is 10.1. The molecule has 8 heteroatoms. The number of hydrogen-bond acceptors (Lipinski definition) is 7. The fourth-order valence-corrected chi connectivity index (χ4v) is 5.74. The smallest absolute Gasteiger partial charge is 0.306 e. The second kappa shape index (κ2) is 39.1. The quantitative estimate of drug-likeness (QED) is 0.0267. The summed E-state index contributed by atoms with van der Waals surface area (Å²) in [6, 6.07) is -0.740. The lowest BCUT2D eigenvalue weighted by Gasteiger charge is -2.34. The molecular formula is C49H79NO7. The molecule has 0 saturated carbocycles. The van der Waals surface area contributed by atoms with E-state index < -0.39 is 18.1 Å². The number of aliphatic carboxylic acids is 1. The molecule has 0 bridgehead atoms. The molecule has 0 aliphatic heterocycles. The van der Waals surface area contributed by atoms with E-state index in [2.05, 4.69) is 74.6 Å². The minimum absolute atomic E-state index is 0.0162. The zero-order valence-corrected chi connectivity index (χ0v) is 36.5. The van der Waals surface area contributed by atoms with Gasteiger partial charge in [-0.05, 0) is 57.8 Å². The van der Waals surface area contributed by atoms with Gasteiger partial charge >= 0.3 is 11.9 Å². The molecule has 2 atom stereocenters. The van der Waals surface area contributed by atoms with E-state index in [1.807, 2.05) is 36.5 Å². The van der Waals surface area contributed by atoms with E-state index in [-0.39, 0.29) is 49.1 Å². The largest absolute Gasteiger partial charge is 0.544 e. The van der Waals surface area contributed by atoms with Crippen LogP contribution in [-0.4, -0.2) is 75.5 Å². The van der Waals surface area contributed by atoms with Gasteiger partial charge in [0.05, 0.1) is 40.3 Å². The number of carboxylic acid groups (broad SMARTS) is 1. The van der Waals surface area contributed by atoms with Crippen LogP contribution in [0.4, 0.5) is 0 Å². The molecular weight excluding hydrogens is 715 g/mol. The highest BCUT2D eigenvalue weighted by molar-refractivity contribution is 5.70. The van der Waals surface area contributed by atoms with Crippen LogP contribution in [0.25, 0.3) is 0 Å². The Balaban J connectivity index is 4.47. The maximum absolute atomic E-state index is 12.7. The monoisotopic (exact) mass is 794 g/mol. The number of unbranched alkanes of at least 4 members (excludes halogenated alkanes) is 13. The third-order valence-corrected chi connectivity index (χ3v) is 9.14. The van der Waals surface area contributed by atoms with Crippen LogP contribution in [0.5, 0.6) is 0 Å². The predicted molar refractivity (Wildman–Crippen MR) is 235 cm³/mol. The van der Waals surface area contributed by atoms with E-state index in [0.717, 1.165) is 89.9 Å². The maximum Gasteiger partial charge on any atom is 0.306 e. The number of likely N-dealkylation sites (N-methyl/N-ethyl adjacent to an activating group) is 1. The fourth-order valence-electron chi connectivity index (χ4n) is 5.74. The maximum atomic E-state index is 12.7. The molecule has 0 spiro atoms. The number of esters is 2. The van der Waals surface area contributed by atoms with Gasteiger partial charge in [0, 0.05) is 19.3 Å². The van der Waals surface area contributed by atoms with Crippen LogP contribution in [0.1, 0.15) is 142 Å². The number of nitrogens with zero attached hydrogens (tertiary/aromatic N) is 1. The van der Waals surface area contributed by atoms with Gasteiger partial charge in [-0.1, -0.05) is 162 Å². The predicted octanol–water partition coefficient (Wildman–Crippen LogP) is 10.6. The van der Waals surface area contributed by atoms with E-state index in [1.165, 1.54) is 19.3 Å². The number of rotatable bonds is 37. The third-order valence-electron chi connectivity index (χ3n) is 9.14. The Hall–Kier alpha value is -3.75. The number of hydrogen-bond donors (Lipinski definition) is 0. The van der Waals surface area contributed by atoms with Gasteiger partial charge in [0.1, 0.15) is 12.6 Å². The van der Waals surface area contributed by atoms with Gasteiger partial charge in [-0.2, -0.15) is 0 Å². The van der Waals surface area contributed by atoms with Crippen molar-refractivity contribution in [2.24, 2.45) is 0 Å². The second-order valence-electron chi connectivity index (χ2n) is 15.4. The van der Waals surface area contributed by atoms with Crippen molar-refractivity contribution in [3.05, 3.63) is 97.2 Å². The van der Waals surface area contributed by atoms with E-state index in [1.54, 1.807) is 21.1 Å². The minimum atomic E-state index is -1.14. The Morgan fingerprint density at radius 1 is 0.544 bits per heavy atom. The number of quaternary nitrogens is 1.